The summed E-state index contributed by atoms with van der Waals surface area (Å²) in [6.07, 6.45) is 0. The lowest BCUT2D eigenvalue weighted by Crippen LogP contribution is -2.32. The van der Waals surface area contributed by atoms with Crippen molar-refractivity contribution >= 4 is 23.1 Å². The molecule has 1 aliphatic rings. The zero-order chi connectivity index (χ0) is 22.7. The van der Waals surface area contributed by atoms with E-state index in [-0.39, 0.29) is 24.1 Å². The number of benzene rings is 3. The minimum Gasteiger partial charge on any atom is -0.497 e. The molecule has 0 saturated carbocycles. The van der Waals surface area contributed by atoms with Crippen LogP contribution in [0.1, 0.15) is 16.7 Å². The van der Waals surface area contributed by atoms with Crippen molar-refractivity contribution in [1.82, 2.24) is 4.90 Å². The summed E-state index contributed by atoms with van der Waals surface area (Å²) in [6.45, 7) is 2.16. The van der Waals surface area contributed by atoms with Crippen LogP contribution in [-0.2, 0) is 16.1 Å². The number of carbonyl (C=O) groups excluding carboxylic acids is 2. The van der Waals surface area contributed by atoms with Gasteiger partial charge in [-0.05, 0) is 54.4 Å². The number of imide groups is 1. The Hall–Kier alpha value is -4.06. The van der Waals surface area contributed by atoms with E-state index in [0.717, 1.165) is 16.8 Å². The van der Waals surface area contributed by atoms with Crippen LogP contribution >= 0.6 is 0 Å². The minimum absolute atomic E-state index is 0.167. The van der Waals surface area contributed by atoms with E-state index in [1.54, 1.807) is 38.5 Å². The molecule has 0 spiro atoms. The van der Waals surface area contributed by atoms with Crippen LogP contribution in [0.5, 0.6) is 11.5 Å². The maximum Gasteiger partial charge on any atom is 0.278 e. The molecule has 3 aromatic carbocycles. The molecule has 1 N–H and O–H groups in total. The maximum absolute atomic E-state index is 13.4. The predicted octanol–water partition coefficient (Wildman–Crippen LogP) is 4.40. The van der Waals surface area contributed by atoms with Crippen molar-refractivity contribution in [3.05, 3.63) is 95.2 Å². The Labute approximate surface area is 187 Å². The molecule has 6 nitrogen and oxygen atoms in total. The second-order valence-corrected chi connectivity index (χ2v) is 7.51. The Bertz CT molecular complexity index is 1160. The van der Waals surface area contributed by atoms with E-state index >= 15 is 0 Å². The van der Waals surface area contributed by atoms with Crippen LogP contribution in [0.25, 0.3) is 5.57 Å². The van der Waals surface area contributed by atoms with Gasteiger partial charge in [0.2, 0.25) is 0 Å². The molecule has 0 saturated heterocycles. The highest BCUT2D eigenvalue weighted by Crippen LogP contribution is 2.32. The fourth-order valence-corrected chi connectivity index (χ4v) is 3.56. The number of hydrogen-bond donors (Lipinski definition) is 1. The molecule has 0 aromatic heterocycles. The van der Waals surface area contributed by atoms with Crippen LogP contribution in [0.2, 0.25) is 0 Å². The lowest BCUT2D eigenvalue weighted by atomic mass is 10.0. The van der Waals surface area contributed by atoms with E-state index in [9.17, 15) is 9.59 Å². The number of nitrogens with one attached hydrogen (secondary N) is 1. The molecule has 0 fully saturated rings. The van der Waals surface area contributed by atoms with E-state index in [1.807, 2.05) is 55.5 Å². The lowest BCUT2D eigenvalue weighted by Gasteiger charge is -2.16. The molecule has 32 heavy (non-hydrogen) atoms. The highest BCUT2D eigenvalue weighted by molar-refractivity contribution is 6.36. The third kappa shape index (κ3) is 4.21. The van der Waals surface area contributed by atoms with Gasteiger partial charge in [-0.15, -0.1) is 0 Å². The van der Waals surface area contributed by atoms with E-state index in [4.69, 9.17) is 9.47 Å². The molecular weight excluding hydrogens is 404 g/mol. The SMILES string of the molecule is COc1ccc(CN2C(=O)C(Nc3ccc(C)cc3)=C(c3ccc(OC)cc3)C2=O)cc1. The summed E-state index contributed by atoms with van der Waals surface area (Å²) in [5.74, 6) is 0.684. The fraction of sp³-hybridized carbons (Fsp3) is 0.154. The van der Waals surface area contributed by atoms with Crippen molar-refractivity contribution in [2.45, 2.75) is 13.5 Å². The van der Waals surface area contributed by atoms with E-state index in [2.05, 4.69) is 5.32 Å². The van der Waals surface area contributed by atoms with Crippen LogP contribution < -0.4 is 14.8 Å². The Kier molecular flexibility index (Phi) is 5.94. The summed E-state index contributed by atoms with van der Waals surface area (Å²) >= 11 is 0. The molecule has 3 aromatic rings. The first kappa shape index (κ1) is 21.2. The quantitative estimate of drug-likeness (QED) is 0.565. The van der Waals surface area contributed by atoms with E-state index in [1.165, 1.54) is 4.90 Å². The second kappa shape index (κ2) is 8.98. The van der Waals surface area contributed by atoms with Gasteiger partial charge in [-0.1, -0.05) is 42.0 Å². The zero-order valence-electron chi connectivity index (χ0n) is 18.2. The van der Waals surface area contributed by atoms with Crippen molar-refractivity contribution in [1.29, 1.82) is 0 Å². The molecule has 6 heteroatoms. The highest BCUT2D eigenvalue weighted by Gasteiger charge is 2.39. The van der Waals surface area contributed by atoms with Crippen LogP contribution in [0.4, 0.5) is 5.69 Å². The normalized spacial score (nSPS) is 13.5. The topological polar surface area (TPSA) is 67.9 Å². The maximum atomic E-state index is 13.4. The number of hydrogen-bond acceptors (Lipinski definition) is 5. The molecule has 0 bridgehead atoms. The predicted molar refractivity (Wildman–Crippen MR) is 123 cm³/mol. The van der Waals surface area contributed by atoms with Crippen LogP contribution in [0.3, 0.4) is 0 Å². The summed E-state index contributed by atoms with van der Waals surface area (Å²) in [5.41, 5.74) is 3.93. The van der Waals surface area contributed by atoms with Crippen molar-refractivity contribution < 1.29 is 19.1 Å². The largest absolute Gasteiger partial charge is 0.497 e. The van der Waals surface area contributed by atoms with Gasteiger partial charge in [-0.25, -0.2) is 0 Å². The molecule has 0 radical (unpaired) electrons. The Morgan fingerprint density at radius 1 is 0.750 bits per heavy atom. The summed E-state index contributed by atoms with van der Waals surface area (Å²) in [7, 11) is 3.18. The number of carbonyl (C=O) groups is 2. The first-order valence-electron chi connectivity index (χ1n) is 10.2. The summed E-state index contributed by atoms with van der Waals surface area (Å²) in [4.78, 5) is 28.0. The first-order valence-corrected chi connectivity index (χ1v) is 10.2. The van der Waals surface area contributed by atoms with Gasteiger partial charge in [-0.2, -0.15) is 0 Å². The van der Waals surface area contributed by atoms with Gasteiger partial charge in [0, 0.05) is 5.69 Å². The average Bonchev–Trinajstić information content (AvgIpc) is 3.05. The first-order chi connectivity index (χ1) is 15.5. The number of anilines is 1. The van der Waals surface area contributed by atoms with Gasteiger partial charge in [0.15, 0.2) is 0 Å². The molecule has 0 aliphatic carbocycles. The number of ether oxygens (including phenoxy) is 2. The van der Waals surface area contributed by atoms with Gasteiger partial charge >= 0.3 is 0 Å². The Morgan fingerprint density at radius 2 is 1.31 bits per heavy atom. The van der Waals surface area contributed by atoms with Crippen molar-refractivity contribution in [3.8, 4) is 11.5 Å². The highest BCUT2D eigenvalue weighted by atomic mass is 16.5. The fourth-order valence-electron chi connectivity index (χ4n) is 3.56. The number of nitrogens with zero attached hydrogens (tertiary/aromatic N) is 1. The van der Waals surface area contributed by atoms with Crippen LogP contribution in [0, 0.1) is 6.92 Å². The standard InChI is InChI=1S/C26H24N2O4/c1-17-4-10-20(11-5-17)27-24-23(19-8-14-22(32-3)15-9-19)25(29)28(26(24)30)16-18-6-12-21(31-2)13-7-18/h4-15,27H,16H2,1-3H3. The van der Waals surface area contributed by atoms with Crippen molar-refractivity contribution in [2.75, 3.05) is 19.5 Å². The van der Waals surface area contributed by atoms with Gasteiger partial charge in [-0.3, -0.25) is 14.5 Å². The van der Waals surface area contributed by atoms with Crippen LogP contribution in [-0.4, -0.2) is 30.9 Å². The number of rotatable bonds is 7. The molecule has 2 amide bonds. The Balaban J connectivity index is 1.70. The Morgan fingerprint density at radius 3 is 1.88 bits per heavy atom. The van der Waals surface area contributed by atoms with Crippen molar-refractivity contribution in [2.24, 2.45) is 0 Å². The third-order valence-electron chi connectivity index (χ3n) is 5.37. The van der Waals surface area contributed by atoms with Gasteiger partial charge in [0.25, 0.3) is 11.8 Å². The molecule has 4 rings (SSSR count). The third-order valence-corrected chi connectivity index (χ3v) is 5.37. The second-order valence-electron chi connectivity index (χ2n) is 7.51. The molecule has 162 valence electrons. The molecule has 0 atom stereocenters. The van der Waals surface area contributed by atoms with Crippen LogP contribution in [0.15, 0.2) is 78.5 Å². The molecule has 1 heterocycles. The molecule has 1 aliphatic heterocycles. The van der Waals surface area contributed by atoms with E-state index in [0.29, 0.717) is 22.6 Å². The molecular formula is C26H24N2O4. The number of methoxy groups -OCH3 is 2. The summed E-state index contributed by atoms with van der Waals surface area (Å²) in [5, 5.41) is 3.18. The number of amides is 2. The summed E-state index contributed by atoms with van der Waals surface area (Å²) < 4.78 is 10.4. The monoisotopic (exact) mass is 428 g/mol. The molecule has 0 unspecified atom stereocenters. The minimum atomic E-state index is -0.364. The lowest BCUT2D eigenvalue weighted by molar-refractivity contribution is -0.137. The average molecular weight is 428 g/mol. The van der Waals surface area contributed by atoms with Gasteiger partial charge < -0.3 is 14.8 Å². The summed E-state index contributed by atoms with van der Waals surface area (Å²) in [6, 6.07) is 22.1. The zero-order valence-corrected chi connectivity index (χ0v) is 18.2. The van der Waals surface area contributed by atoms with Crippen molar-refractivity contribution in [3.63, 3.8) is 0 Å². The smallest absolute Gasteiger partial charge is 0.278 e. The van der Waals surface area contributed by atoms with Gasteiger partial charge in [0.05, 0.1) is 26.3 Å². The van der Waals surface area contributed by atoms with Gasteiger partial charge in [0.1, 0.15) is 17.2 Å². The van der Waals surface area contributed by atoms with E-state index < -0.39 is 0 Å². The number of aryl methyl sites for hydroxylation is 1.